The van der Waals surface area contributed by atoms with Crippen LogP contribution >= 0.6 is 11.5 Å². The standard InChI is InChI=1S/C15H11N3O5S2/c16-15(19)14-13-11(24-17-14)6-3-7-12(13)25(22,23)8-9-4-1-2-5-10(9)18(20)21/h1-7H,8H2,(H2,16,19). The van der Waals surface area contributed by atoms with Gasteiger partial charge in [0.15, 0.2) is 15.5 Å². The van der Waals surface area contributed by atoms with Crippen molar-refractivity contribution in [3.8, 4) is 0 Å². The molecule has 0 fully saturated rings. The van der Waals surface area contributed by atoms with Crippen molar-refractivity contribution in [3.05, 3.63) is 63.8 Å². The molecule has 1 heterocycles. The fourth-order valence-electron chi connectivity index (χ4n) is 2.48. The maximum Gasteiger partial charge on any atom is 0.273 e. The first-order valence-electron chi connectivity index (χ1n) is 6.94. The van der Waals surface area contributed by atoms with E-state index in [1.54, 1.807) is 6.07 Å². The van der Waals surface area contributed by atoms with E-state index in [4.69, 9.17) is 5.73 Å². The zero-order valence-electron chi connectivity index (χ0n) is 12.6. The minimum absolute atomic E-state index is 0.0633. The Morgan fingerprint density at radius 1 is 1.20 bits per heavy atom. The van der Waals surface area contributed by atoms with Crippen molar-refractivity contribution in [2.24, 2.45) is 5.73 Å². The van der Waals surface area contributed by atoms with Gasteiger partial charge in [-0.3, -0.25) is 14.9 Å². The van der Waals surface area contributed by atoms with Gasteiger partial charge in [0.2, 0.25) is 0 Å². The number of para-hydroxylation sites is 1. The second-order valence-corrected chi connectivity index (χ2v) is 7.93. The van der Waals surface area contributed by atoms with Crippen LogP contribution in [0.25, 0.3) is 10.1 Å². The van der Waals surface area contributed by atoms with Gasteiger partial charge in [0, 0.05) is 17.0 Å². The van der Waals surface area contributed by atoms with E-state index in [9.17, 15) is 23.3 Å². The summed E-state index contributed by atoms with van der Waals surface area (Å²) < 4.78 is 30.1. The molecule has 2 aromatic carbocycles. The lowest BCUT2D eigenvalue weighted by Gasteiger charge is -2.07. The van der Waals surface area contributed by atoms with Crippen LogP contribution in [0.3, 0.4) is 0 Å². The Kier molecular flexibility index (Phi) is 4.23. The van der Waals surface area contributed by atoms with Gasteiger partial charge in [-0.15, -0.1) is 0 Å². The van der Waals surface area contributed by atoms with Crippen molar-refractivity contribution in [2.45, 2.75) is 10.6 Å². The molecule has 1 amide bonds. The summed E-state index contributed by atoms with van der Waals surface area (Å²) in [6.45, 7) is 0. The molecule has 0 atom stereocenters. The normalized spacial score (nSPS) is 11.5. The third kappa shape index (κ3) is 3.08. The van der Waals surface area contributed by atoms with Crippen molar-refractivity contribution in [1.82, 2.24) is 4.37 Å². The minimum Gasteiger partial charge on any atom is -0.364 e. The summed E-state index contributed by atoms with van der Waals surface area (Å²) in [5.74, 6) is -1.41. The number of nitro groups is 1. The fraction of sp³-hybridized carbons (Fsp3) is 0.0667. The Labute approximate surface area is 146 Å². The van der Waals surface area contributed by atoms with Gasteiger partial charge in [0.25, 0.3) is 11.6 Å². The Morgan fingerprint density at radius 3 is 2.60 bits per heavy atom. The highest BCUT2D eigenvalue weighted by molar-refractivity contribution is 7.91. The van der Waals surface area contributed by atoms with E-state index in [-0.39, 0.29) is 27.2 Å². The van der Waals surface area contributed by atoms with Gasteiger partial charge in [-0.2, -0.15) is 4.37 Å². The molecular weight excluding hydrogens is 366 g/mol. The van der Waals surface area contributed by atoms with Crippen LogP contribution in [0.5, 0.6) is 0 Å². The Morgan fingerprint density at radius 2 is 1.92 bits per heavy atom. The van der Waals surface area contributed by atoms with E-state index >= 15 is 0 Å². The number of benzene rings is 2. The molecule has 0 bridgehead atoms. The van der Waals surface area contributed by atoms with Crippen LogP contribution in [-0.4, -0.2) is 23.6 Å². The maximum atomic E-state index is 12.9. The Balaban J connectivity index is 2.17. The molecule has 3 aromatic rings. The molecule has 0 unspecified atom stereocenters. The summed E-state index contributed by atoms with van der Waals surface area (Å²) in [5.41, 5.74) is 4.93. The number of carbonyl (C=O) groups is 1. The van der Waals surface area contributed by atoms with Gasteiger partial charge in [-0.1, -0.05) is 24.3 Å². The zero-order chi connectivity index (χ0) is 18.2. The molecule has 3 rings (SSSR count). The molecule has 0 radical (unpaired) electrons. The van der Waals surface area contributed by atoms with Crippen LogP contribution < -0.4 is 5.73 Å². The number of hydrogen-bond donors (Lipinski definition) is 1. The van der Waals surface area contributed by atoms with Crippen LogP contribution in [0.1, 0.15) is 16.1 Å². The molecule has 128 valence electrons. The first kappa shape index (κ1) is 17.0. The number of carbonyl (C=O) groups excluding carboxylic acids is 1. The van der Waals surface area contributed by atoms with E-state index in [1.807, 2.05) is 0 Å². The number of nitrogens with two attached hydrogens (primary N) is 1. The number of hydrogen-bond acceptors (Lipinski definition) is 7. The number of aromatic nitrogens is 1. The van der Waals surface area contributed by atoms with Gasteiger partial charge in [0.05, 0.1) is 20.3 Å². The fourth-order valence-corrected chi connectivity index (χ4v) is 4.97. The molecule has 1 aromatic heterocycles. The Hall–Kier alpha value is -2.85. The molecule has 0 saturated carbocycles. The van der Waals surface area contributed by atoms with E-state index in [2.05, 4.69) is 4.37 Å². The van der Waals surface area contributed by atoms with Crippen LogP contribution in [-0.2, 0) is 15.6 Å². The second-order valence-electron chi connectivity index (χ2n) is 5.17. The number of fused-ring (bicyclic) bond motifs is 1. The van der Waals surface area contributed by atoms with Gasteiger partial charge >= 0.3 is 0 Å². The molecule has 25 heavy (non-hydrogen) atoms. The van der Waals surface area contributed by atoms with Crippen molar-refractivity contribution in [3.63, 3.8) is 0 Å². The molecule has 10 heteroatoms. The second kappa shape index (κ2) is 6.22. The van der Waals surface area contributed by atoms with E-state index in [1.165, 1.54) is 36.4 Å². The van der Waals surface area contributed by atoms with Gasteiger partial charge in [-0.05, 0) is 23.7 Å². The number of nitrogens with zero attached hydrogens (tertiary/aromatic N) is 2. The number of rotatable bonds is 5. The lowest BCUT2D eigenvalue weighted by molar-refractivity contribution is -0.385. The molecular formula is C15H11N3O5S2. The largest absolute Gasteiger partial charge is 0.364 e. The monoisotopic (exact) mass is 377 g/mol. The van der Waals surface area contributed by atoms with Gasteiger partial charge < -0.3 is 5.73 Å². The highest BCUT2D eigenvalue weighted by Crippen LogP contribution is 2.32. The highest BCUT2D eigenvalue weighted by atomic mass is 32.2. The first-order valence-corrected chi connectivity index (χ1v) is 9.37. The van der Waals surface area contributed by atoms with E-state index in [0.717, 1.165) is 11.5 Å². The zero-order valence-corrected chi connectivity index (χ0v) is 14.2. The number of primary amides is 1. The molecule has 2 N–H and O–H groups in total. The summed E-state index contributed by atoms with van der Waals surface area (Å²) in [6, 6.07) is 10.1. The number of nitro benzene ring substituents is 1. The topological polar surface area (TPSA) is 133 Å². The molecule has 0 saturated heterocycles. The Bertz CT molecular complexity index is 1110. The van der Waals surface area contributed by atoms with Crippen molar-refractivity contribution in [2.75, 3.05) is 0 Å². The molecule has 0 aliphatic carbocycles. The first-order chi connectivity index (χ1) is 11.8. The van der Waals surface area contributed by atoms with Crippen LogP contribution in [0.4, 0.5) is 5.69 Å². The molecule has 0 spiro atoms. The predicted molar refractivity (Wildman–Crippen MR) is 92.1 cm³/mol. The molecule has 8 nitrogen and oxygen atoms in total. The summed E-state index contributed by atoms with van der Waals surface area (Å²) in [6.07, 6.45) is 0. The van der Waals surface area contributed by atoms with Crippen LogP contribution in [0.15, 0.2) is 47.4 Å². The van der Waals surface area contributed by atoms with Crippen LogP contribution in [0, 0.1) is 10.1 Å². The third-order valence-corrected chi connectivity index (χ3v) is 6.07. The summed E-state index contributed by atoms with van der Waals surface area (Å²) in [7, 11) is -3.97. The summed E-state index contributed by atoms with van der Waals surface area (Å²) in [5, 5.41) is 11.3. The quantitative estimate of drug-likeness (QED) is 0.535. The third-order valence-electron chi connectivity index (χ3n) is 3.56. The van der Waals surface area contributed by atoms with Crippen LogP contribution in [0.2, 0.25) is 0 Å². The predicted octanol–water partition coefficient (Wildman–Crippen LogP) is 2.28. The minimum atomic E-state index is -3.97. The lowest BCUT2D eigenvalue weighted by atomic mass is 10.2. The molecule has 0 aliphatic rings. The highest BCUT2D eigenvalue weighted by Gasteiger charge is 2.26. The smallest absolute Gasteiger partial charge is 0.273 e. The average Bonchev–Trinajstić information content (AvgIpc) is 2.98. The summed E-state index contributed by atoms with van der Waals surface area (Å²) >= 11 is 0.963. The van der Waals surface area contributed by atoms with Crippen molar-refractivity contribution in [1.29, 1.82) is 0 Å². The average molecular weight is 377 g/mol. The lowest BCUT2D eigenvalue weighted by Crippen LogP contribution is -2.13. The molecule has 0 aliphatic heterocycles. The van der Waals surface area contributed by atoms with Crippen molar-refractivity contribution < 1.29 is 18.1 Å². The number of amides is 1. The van der Waals surface area contributed by atoms with Gasteiger partial charge in [-0.25, -0.2) is 8.42 Å². The van der Waals surface area contributed by atoms with Crippen molar-refractivity contribution >= 4 is 43.1 Å². The number of sulfone groups is 1. The van der Waals surface area contributed by atoms with E-state index < -0.39 is 26.4 Å². The van der Waals surface area contributed by atoms with Gasteiger partial charge in [0.1, 0.15) is 0 Å². The van der Waals surface area contributed by atoms with E-state index in [0.29, 0.717) is 4.70 Å². The maximum absolute atomic E-state index is 12.9. The summed E-state index contributed by atoms with van der Waals surface area (Å²) in [4.78, 5) is 21.9. The SMILES string of the molecule is NC(=O)c1nsc2cccc(S(=O)(=O)Cc3ccccc3[N+](=O)[O-])c12.